The zero-order valence-electron chi connectivity index (χ0n) is 19.5. The van der Waals surface area contributed by atoms with E-state index in [-0.39, 0.29) is 17.3 Å². The lowest BCUT2D eigenvalue weighted by molar-refractivity contribution is -0.132. The fourth-order valence-electron chi connectivity index (χ4n) is 4.20. The van der Waals surface area contributed by atoms with Gasteiger partial charge < -0.3 is 14.6 Å². The molecule has 1 amide bonds. The Morgan fingerprint density at radius 3 is 2.47 bits per heavy atom. The van der Waals surface area contributed by atoms with E-state index in [1.807, 2.05) is 13.8 Å². The summed E-state index contributed by atoms with van der Waals surface area (Å²) < 4.78 is 10.8. The number of ether oxygens (including phenoxy) is 2. The molecular formula is C27H26N2O5. The van der Waals surface area contributed by atoms with E-state index in [2.05, 4.69) is 4.98 Å². The van der Waals surface area contributed by atoms with Gasteiger partial charge in [-0.05, 0) is 53.4 Å². The Morgan fingerprint density at radius 2 is 1.82 bits per heavy atom. The molecular weight excluding hydrogens is 432 g/mol. The summed E-state index contributed by atoms with van der Waals surface area (Å²) in [5, 5.41) is 11.4. The van der Waals surface area contributed by atoms with Crippen LogP contribution in [0.25, 0.3) is 5.76 Å². The second kappa shape index (κ2) is 9.39. The zero-order valence-corrected chi connectivity index (χ0v) is 19.5. The molecule has 4 rings (SSSR count). The second-order valence-electron chi connectivity index (χ2n) is 8.27. The minimum Gasteiger partial charge on any atom is -0.507 e. The highest BCUT2D eigenvalue weighted by Crippen LogP contribution is 2.43. The molecule has 34 heavy (non-hydrogen) atoms. The lowest BCUT2D eigenvalue weighted by atomic mass is 9.93. The van der Waals surface area contributed by atoms with E-state index in [4.69, 9.17) is 9.47 Å². The van der Waals surface area contributed by atoms with Crippen molar-refractivity contribution in [2.45, 2.75) is 25.8 Å². The highest BCUT2D eigenvalue weighted by Gasteiger charge is 2.47. The van der Waals surface area contributed by atoms with E-state index >= 15 is 0 Å². The molecule has 1 aliphatic rings. The number of amides is 1. The van der Waals surface area contributed by atoms with Crippen molar-refractivity contribution < 1.29 is 24.2 Å². The Bertz CT molecular complexity index is 1270. The topological polar surface area (TPSA) is 89.0 Å². The summed E-state index contributed by atoms with van der Waals surface area (Å²) >= 11 is 0. The molecule has 0 saturated carbocycles. The second-order valence-corrected chi connectivity index (χ2v) is 8.27. The highest BCUT2D eigenvalue weighted by atomic mass is 16.5. The number of aromatic nitrogens is 1. The van der Waals surface area contributed by atoms with Crippen LogP contribution < -0.4 is 14.4 Å². The molecule has 2 aromatic carbocycles. The normalized spacial score (nSPS) is 17.3. The zero-order chi connectivity index (χ0) is 24.4. The monoisotopic (exact) mass is 458 g/mol. The summed E-state index contributed by atoms with van der Waals surface area (Å²) in [6.07, 6.45) is 3.20. The Morgan fingerprint density at radius 1 is 1.03 bits per heavy atom. The molecule has 2 heterocycles. The number of hydrogen-bond donors (Lipinski definition) is 1. The third kappa shape index (κ3) is 4.01. The van der Waals surface area contributed by atoms with Gasteiger partial charge in [0.25, 0.3) is 11.7 Å². The number of hydrogen-bond acceptors (Lipinski definition) is 6. The maximum atomic E-state index is 13.3. The van der Waals surface area contributed by atoms with E-state index in [1.165, 1.54) is 12.0 Å². The van der Waals surface area contributed by atoms with E-state index in [1.54, 1.807) is 74.1 Å². The molecule has 1 N–H and O–H groups in total. The number of methoxy groups -OCH3 is 2. The first-order valence-corrected chi connectivity index (χ1v) is 10.9. The predicted octanol–water partition coefficient (Wildman–Crippen LogP) is 4.85. The quantitative estimate of drug-likeness (QED) is 0.323. The van der Waals surface area contributed by atoms with Crippen LogP contribution in [0.15, 0.2) is 72.6 Å². The van der Waals surface area contributed by atoms with Crippen LogP contribution in [-0.4, -0.2) is 36.0 Å². The summed E-state index contributed by atoms with van der Waals surface area (Å²) in [7, 11) is 3.12. The number of aliphatic hydroxyl groups excluding tert-OH is 1. The number of Topliss-reactive ketones (excluding diaryl/α,β-unsaturated/α-hetero) is 1. The van der Waals surface area contributed by atoms with Gasteiger partial charge in [-0.25, -0.2) is 0 Å². The number of carbonyl (C=O) groups is 2. The number of aliphatic hydroxyl groups is 1. The maximum absolute atomic E-state index is 13.3. The fraction of sp³-hybridized carbons (Fsp3) is 0.222. The van der Waals surface area contributed by atoms with Gasteiger partial charge in [0.1, 0.15) is 17.3 Å². The van der Waals surface area contributed by atoms with Crippen LogP contribution in [0.4, 0.5) is 5.69 Å². The van der Waals surface area contributed by atoms with Crippen molar-refractivity contribution in [2.24, 2.45) is 0 Å². The van der Waals surface area contributed by atoms with Crippen LogP contribution >= 0.6 is 0 Å². The largest absolute Gasteiger partial charge is 0.507 e. The number of nitrogens with zero attached hydrogens (tertiary/aromatic N) is 2. The molecule has 3 aromatic rings. The van der Waals surface area contributed by atoms with E-state index < -0.39 is 17.7 Å². The predicted molar refractivity (Wildman–Crippen MR) is 129 cm³/mol. The number of ketones is 1. The van der Waals surface area contributed by atoms with Gasteiger partial charge in [0.05, 0.1) is 25.8 Å². The first kappa shape index (κ1) is 23.0. The minimum atomic E-state index is -0.856. The van der Waals surface area contributed by atoms with E-state index in [0.717, 1.165) is 5.56 Å². The molecule has 7 nitrogen and oxygen atoms in total. The first-order valence-electron chi connectivity index (χ1n) is 10.9. The van der Waals surface area contributed by atoms with Crippen LogP contribution in [0, 0.1) is 0 Å². The van der Waals surface area contributed by atoms with Gasteiger partial charge in [-0.3, -0.25) is 19.5 Å². The van der Waals surface area contributed by atoms with Crippen molar-refractivity contribution in [3.05, 3.63) is 89.3 Å². The highest BCUT2D eigenvalue weighted by molar-refractivity contribution is 6.51. The van der Waals surface area contributed by atoms with Crippen molar-refractivity contribution in [3.8, 4) is 11.5 Å². The molecule has 0 spiro atoms. The summed E-state index contributed by atoms with van der Waals surface area (Å²) in [4.78, 5) is 32.1. The van der Waals surface area contributed by atoms with Gasteiger partial charge in [-0.15, -0.1) is 0 Å². The van der Waals surface area contributed by atoms with Gasteiger partial charge in [-0.2, -0.15) is 0 Å². The maximum Gasteiger partial charge on any atom is 0.300 e. The smallest absolute Gasteiger partial charge is 0.300 e. The number of carbonyl (C=O) groups excluding carboxylic acids is 2. The molecule has 1 atom stereocenters. The fourth-order valence-corrected chi connectivity index (χ4v) is 4.20. The van der Waals surface area contributed by atoms with Crippen molar-refractivity contribution in [3.63, 3.8) is 0 Å². The van der Waals surface area contributed by atoms with Gasteiger partial charge in [0.15, 0.2) is 0 Å². The Balaban J connectivity index is 1.93. The molecule has 1 aromatic heterocycles. The molecule has 1 unspecified atom stereocenters. The van der Waals surface area contributed by atoms with Crippen LogP contribution in [0.5, 0.6) is 11.5 Å². The molecule has 174 valence electrons. The molecule has 1 saturated heterocycles. The molecule has 0 radical (unpaired) electrons. The van der Waals surface area contributed by atoms with Crippen molar-refractivity contribution >= 4 is 23.1 Å². The van der Waals surface area contributed by atoms with Crippen molar-refractivity contribution in [1.82, 2.24) is 4.98 Å². The van der Waals surface area contributed by atoms with Crippen LogP contribution in [0.3, 0.4) is 0 Å². The summed E-state index contributed by atoms with van der Waals surface area (Å²) in [5.74, 6) is -0.399. The molecule has 7 heteroatoms. The van der Waals surface area contributed by atoms with Crippen molar-refractivity contribution in [1.29, 1.82) is 0 Å². The lowest BCUT2D eigenvalue weighted by Crippen LogP contribution is -2.29. The molecule has 1 fully saturated rings. The molecule has 1 aliphatic heterocycles. The number of rotatable bonds is 6. The average Bonchev–Trinajstić information content (AvgIpc) is 3.13. The first-order chi connectivity index (χ1) is 16.4. The number of pyridine rings is 1. The minimum absolute atomic E-state index is 0.000642. The molecule has 0 bridgehead atoms. The lowest BCUT2D eigenvalue weighted by Gasteiger charge is -2.25. The van der Waals surface area contributed by atoms with Crippen LogP contribution in [0.2, 0.25) is 0 Å². The Labute approximate surface area is 198 Å². The Kier molecular flexibility index (Phi) is 6.36. The molecule has 0 aliphatic carbocycles. The summed E-state index contributed by atoms with van der Waals surface area (Å²) in [6, 6.07) is 14.8. The van der Waals surface area contributed by atoms with Gasteiger partial charge in [0.2, 0.25) is 0 Å². The summed E-state index contributed by atoms with van der Waals surface area (Å²) in [5.41, 5.74) is 2.39. The third-order valence-electron chi connectivity index (χ3n) is 5.90. The average molecular weight is 459 g/mol. The number of anilines is 1. The number of benzene rings is 2. The van der Waals surface area contributed by atoms with E-state index in [0.29, 0.717) is 28.3 Å². The standard InChI is InChI=1S/C27H26N2O5/c1-16(2)21-13-17(10-11-22(21)34-4)25(30)23-24(18-7-6-12-28-15-18)29(27(32)26(23)31)19-8-5-9-20(14-19)33-3/h5-16,24,30H,1-4H3/b25-23-. The van der Waals surface area contributed by atoms with Crippen molar-refractivity contribution in [2.75, 3.05) is 19.1 Å². The Hall–Kier alpha value is -4.13. The van der Waals surface area contributed by atoms with Gasteiger partial charge >= 0.3 is 0 Å². The SMILES string of the molecule is COc1cccc(N2C(=O)C(=O)/C(=C(\O)c3ccc(OC)c(C(C)C)c3)C2c2cccnc2)c1. The van der Waals surface area contributed by atoms with E-state index in [9.17, 15) is 14.7 Å². The summed E-state index contributed by atoms with van der Waals surface area (Å²) in [6.45, 7) is 4.03. The van der Waals surface area contributed by atoms with Gasteiger partial charge in [-0.1, -0.05) is 26.0 Å². The van der Waals surface area contributed by atoms with Crippen LogP contribution in [0.1, 0.15) is 42.5 Å². The van der Waals surface area contributed by atoms with Crippen LogP contribution in [-0.2, 0) is 9.59 Å². The third-order valence-corrected chi connectivity index (χ3v) is 5.90. The van der Waals surface area contributed by atoms with Gasteiger partial charge in [0, 0.05) is 29.7 Å².